The highest BCUT2D eigenvalue weighted by atomic mass is 32.1. The molecule has 0 spiro atoms. The zero-order chi connectivity index (χ0) is 22.7. The summed E-state index contributed by atoms with van der Waals surface area (Å²) >= 11 is 1.42. The molecule has 0 unspecified atom stereocenters. The number of thiazole rings is 1. The third-order valence-corrected chi connectivity index (χ3v) is 6.70. The fourth-order valence-corrected chi connectivity index (χ4v) is 4.74. The maximum atomic E-state index is 13.1. The zero-order valence-electron chi connectivity index (χ0n) is 18.3. The molecule has 1 saturated heterocycles. The van der Waals surface area contributed by atoms with E-state index in [1.807, 2.05) is 37.3 Å². The molecule has 32 heavy (non-hydrogen) atoms. The molecular formula is C24H25N3O4S. The van der Waals surface area contributed by atoms with Crippen molar-refractivity contribution in [1.82, 2.24) is 14.8 Å². The lowest BCUT2D eigenvalue weighted by molar-refractivity contribution is 0.0535. The van der Waals surface area contributed by atoms with Crippen LogP contribution in [0, 0.1) is 6.92 Å². The molecule has 7 nitrogen and oxygen atoms in total. The van der Waals surface area contributed by atoms with Crippen LogP contribution in [0.4, 0.5) is 0 Å². The first-order chi connectivity index (χ1) is 15.5. The number of hydrogen-bond acceptors (Lipinski definition) is 6. The van der Waals surface area contributed by atoms with Gasteiger partial charge in [0.05, 0.1) is 25.5 Å². The molecule has 2 amide bonds. The van der Waals surface area contributed by atoms with Crippen molar-refractivity contribution < 1.29 is 19.1 Å². The van der Waals surface area contributed by atoms with Crippen molar-refractivity contribution >= 4 is 23.2 Å². The molecule has 0 radical (unpaired) electrons. The van der Waals surface area contributed by atoms with Crippen molar-refractivity contribution in [3.8, 4) is 22.1 Å². The Morgan fingerprint density at radius 1 is 0.906 bits per heavy atom. The summed E-state index contributed by atoms with van der Waals surface area (Å²) in [4.78, 5) is 35.0. The van der Waals surface area contributed by atoms with E-state index in [0.717, 1.165) is 16.3 Å². The normalized spacial score (nSPS) is 13.7. The molecular weight excluding hydrogens is 426 g/mol. The lowest BCUT2D eigenvalue weighted by atomic mass is 10.1. The van der Waals surface area contributed by atoms with Crippen LogP contribution in [-0.4, -0.2) is 67.0 Å². The average Bonchev–Trinajstić information content (AvgIpc) is 3.24. The number of ether oxygens (including phenoxy) is 2. The van der Waals surface area contributed by atoms with Gasteiger partial charge in [-0.25, -0.2) is 4.98 Å². The number of piperazine rings is 1. The number of nitrogens with zero attached hydrogens (tertiary/aromatic N) is 3. The van der Waals surface area contributed by atoms with Gasteiger partial charge < -0.3 is 19.3 Å². The fourth-order valence-electron chi connectivity index (χ4n) is 3.70. The second-order valence-electron chi connectivity index (χ2n) is 7.45. The number of amides is 2. The van der Waals surface area contributed by atoms with Gasteiger partial charge in [-0.15, -0.1) is 11.3 Å². The van der Waals surface area contributed by atoms with Gasteiger partial charge in [0.15, 0.2) is 0 Å². The summed E-state index contributed by atoms with van der Waals surface area (Å²) in [6.07, 6.45) is 0. The summed E-state index contributed by atoms with van der Waals surface area (Å²) in [6.45, 7) is 3.74. The highest BCUT2D eigenvalue weighted by molar-refractivity contribution is 7.17. The number of aryl methyl sites for hydroxylation is 1. The summed E-state index contributed by atoms with van der Waals surface area (Å²) < 4.78 is 10.6. The van der Waals surface area contributed by atoms with Crippen LogP contribution in [0.2, 0.25) is 0 Å². The number of carbonyl (C=O) groups is 2. The van der Waals surface area contributed by atoms with E-state index >= 15 is 0 Å². The minimum absolute atomic E-state index is 0.0312. The molecule has 0 aliphatic carbocycles. The minimum Gasteiger partial charge on any atom is -0.497 e. The highest BCUT2D eigenvalue weighted by Gasteiger charge is 2.29. The smallest absolute Gasteiger partial charge is 0.265 e. The first kappa shape index (κ1) is 21.8. The van der Waals surface area contributed by atoms with Crippen LogP contribution in [-0.2, 0) is 0 Å². The molecule has 4 rings (SSSR count). The Morgan fingerprint density at radius 3 is 2.19 bits per heavy atom. The van der Waals surface area contributed by atoms with Gasteiger partial charge in [0.25, 0.3) is 11.8 Å². The van der Waals surface area contributed by atoms with E-state index in [1.54, 1.807) is 35.1 Å². The van der Waals surface area contributed by atoms with Gasteiger partial charge in [0.1, 0.15) is 21.4 Å². The second-order valence-corrected chi connectivity index (χ2v) is 8.45. The first-order valence-corrected chi connectivity index (χ1v) is 11.2. The van der Waals surface area contributed by atoms with Gasteiger partial charge >= 0.3 is 0 Å². The fraction of sp³-hybridized carbons (Fsp3) is 0.292. The number of rotatable bonds is 5. The van der Waals surface area contributed by atoms with Gasteiger partial charge in [-0.05, 0) is 19.1 Å². The maximum Gasteiger partial charge on any atom is 0.265 e. The van der Waals surface area contributed by atoms with Crippen LogP contribution in [0.5, 0.6) is 11.5 Å². The molecule has 166 valence electrons. The third kappa shape index (κ3) is 4.31. The molecule has 1 aromatic heterocycles. The number of aromatic nitrogens is 1. The average molecular weight is 452 g/mol. The van der Waals surface area contributed by atoms with E-state index in [4.69, 9.17) is 9.47 Å². The van der Waals surface area contributed by atoms with Gasteiger partial charge in [-0.2, -0.15) is 0 Å². The summed E-state index contributed by atoms with van der Waals surface area (Å²) in [5.74, 6) is 0.957. The van der Waals surface area contributed by atoms with Crippen molar-refractivity contribution in [3.63, 3.8) is 0 Å². The van der Waals surface area contributed by atoms with E-state index < -0.39 is 0 Å². The van der Waals surface area contributed by atoms with Gasteiger partial charge in [-0.1, -0.05) is 30.3 Å². The lowest BCUT2D eigenvalue weighted by Crippen LogP contribution is -2.50. The molecule has 0 bridgehead atoms. The predicted octanol–water partition coefficient (Wildman–Crippen LogP) is 3.73. The molecule has 1 aliphatic heterocycles. The topological polar surface area (TPSA) is 72.0 Å². The third-order valence-electron chi connectivity index (χ3n) is 5.50. The maximum absolute atomic E-state index is 13.1. The van der Waals surface area contributed by atoms with Crippen molar-refractivity contribution in [2.24, 2.45) is 0 Å². The SMILES string of the molecule is COc1ccc(C(=O)N2CCN(C(=O)c3sc(-c4ccccc4)nc3C)CC2)c(OC)c1. The van der Waals surface area contributed by atoms with Gasteiger partial charge in [-0.3, -0.25) is 9.59 Å². The Hall–Kier alpha value is -3.39. The number of benzene rings is 2. The quantitative estimate of drug-likeness (QED) is 0.591. The van der Waals surface area contributed by atoms with E-state index in [0.29, 0.717) is 48.1 Å². The molecule has 0 N–H and O–H groups in total. The molecule has 1 fully saturated rings. The summed E-state index contributed by atoms with van der Waals surface area (Å²) in [5, 5.41) is 0.840. The largest absolute Gasteiger partial charge is 0.497 e. The Bertz CT molecular complexity index is 1120. The van der Waals surface area contributed by atoms with Crippen molar-refractivity contribution in [2.75, 3.05) is 40.4 Å². The molecule has 1 aliphatic rings. The van der Waals surface area contributed by atoms with Crippen LogP contribution < -0.4 is 9.47 Å². The predicted molar refractivity (Wildman–Crippen MR) is 124 cm³/mol. The lowest BCUT2D eigenvalue weighted by Gasteiger charge is -2.34. The first-order valence-electron chi connectivity index (χ1n) is 10.3. The molecule has 0 atom stereocenters. The molecule has 2 heterocycles. The highest BCUT2D eigenvalue weighted by Crippen LogP contribution is 2.29. The Kier molecular flexibility index (Phi) is 6.41. The van der Waals surface area contributed by atoms with Gasteiger partial charge in [0.2, 0.25) is 0 Å². The molecule has 0 saturated carbocycles. The Balaban J connectivity index is 1.43. The van der Waals surface area contributed by atoms with E-state index in [9.17, 15) is 9.59 Å². The van der Waals surface area contributed by atoms with Crippen LogP contribution in [0.1, 0.15) is 25.7 Å². The second kappa shape index (κ2) is 9.40. The summed E-state index contributed by atoms with van der Waals surface area (Å²) in [7, 11) is 3.10. The molecule has 3 aromatic rings. The number of carbonyl (C=O) groups excluding carboxylic acids is 2. The van der Waals surface area contributed by atoms with Gasteiger partial charge in [0, 0.05) is 37.8 Å². The van der Waals surface area contributed by atoms with Crippen molar-refractivity contribution in [1.29, 1.82) is 0 Å². The molecule has 2 aromatic carbocycles. The monoisotopic (exact) mass is 451 g/mol. The Morgan fingerprint density at radius 2 is 1.56 bits per heavy atom. The number of hydrogen-bond donors (Lipinski definition) is 0. The Labute approximate surface area is 191 Å². The summed E-state index contributed by atoms with van der Waals surface area (Å²) in [6, 6.07) is 15.0. The van der Waals surface area contributed by atoms with E-state index in [1.165, 1.54) is 18.4 Å². The minimum atomic E-state index is -0.114. The van der Waals surface area contributed by atoms with Crippen molar-refractivity contribution in [2.45, 2.75) is 6.92 Å². The summed E-state index contributed by atoms with van der Waals surface area (Å²) in [5.41, 5.74) is 2.22. The number of methoxy groups -OCH3 is 2. The van der Waals surface area contributed by atoms with E-state index in [-0.39, 0.29) is 11.8 Å². The molecule has 8 heteroatoms. The van der Waals surface area contributed by atoms with E-state index in [2.05, 4.69) is 4.98 Å². The van der Waals surface area contributed by atoms with Crippen molar-refractivity contribution in [3.05, 3.63) is 64.7 Å². The van der Waals surface area contributed by atoms with Crippen LogP contribution in [0.15, 0.2) is 48.5 Å². The van der Waals surface area contributed by atoms with Crippen LogP contribution in [0.25, 0.3) is 10.6 Å². The standard InChI is InChI=1S/C24H25N3O4S/c1-16-21(32-22(25-16)17-7-5-4-6-8-17)24(29)27-13-11-26(12-14-27)23(28)19-10-9-18(30-2)15-20(19)31-3/h4-10,15H,11-14H2,1-3H3. The zero-order valence-corrected chi connectivity index (χ0v) is 19.1. The van der Waals surface area contributed by atoms with Crippen LogP contribution >= 0.6 is 11.3 Å². The van der Waals surface area contributed by atoms with Crippen LogP contribution in [0.3, 0.4) is 0 Å².